The number of fused-ring (bicyclic) bond motifs is 1. The molecule has 0 aliphatic heterocycles. The maximum Gasteiger partial charge on any atom is 0.166 e. The third-order valence-corrected chi connectivity index (χ3v) is 3.36. The summed E-state index contributed by atoms with van der Waals surface area (Å²) in [4.78, 5) is 0. The normalized spacial score (nSPS) is 10.5. The largest absolute Gasteiger partial charge is 0.497 e. The summed E-state index contributed by atoms with van der Waals surface area (Å²) in [6, 6.07) is 5.83. The molecule has 0 saturated heterocycles. The molecule has 0 spiro atoms. The predicted molar refractivity (Wildman–Crippen MR) is 85.4 cm³/mol. The van der Waals surface area contributed by atoms with Crippen molar-refractivity contribution in [1.29, 1.82) is 0 Å². The molecular weight excluding hydrogens is 272 g/mol. The molecule has 0 aliphatic rings. The molecule has 0 radical (unpaired) electrons. The van der Waals surface area contributed by atoms with Gasteiger partial charge in [-0.05, 0) is 43.3 Å². The van der Waals surface area contributed by atoms with Gasteiger partial charge in [0.25, 0.3) is 0 Å². The third-order valence-electron chi connectivity index (χ3n) is 3.08. The van der Waals surface area contributed by atoms with E-state index in [-0.39, 0.29) is 0 Å². The number of ether oxygens (including phenoxy) is 1. The predicted octanol–water partition coefficient (Wildman–Crippen LogP) is 2.86. The SMILES string of the molecule is CCCNC(=S)NCCc1coc2ccc(OC)cc12. The number of hydrogen-bond donors (Lipinski definition) is 2. The minimum atomic E-state index is 0.706. The van der Waals surface area contributed by atoms with Crippen molar-refractivity contribution in [3.8, 4) is 5.75 Å². The van der Waals surface area contributed by atoms with Crippen LogP contribution in [0.25, 0.3) is 11.0 Å². The first kappa shape index (κ1) is 14.7. The Morgan fingerprint density at radius 1 is 1.30 bits per heavy atom. The van der Waals surface area contributed by atoms with Crippen LogP contribution in [-0.2, 0) is 6.42 Å². The van der Waals surface area contributed by atoms with E-state index in [4.69, 9.17) is 21.4 Å². The van der Waals surface area contributed by atoms with Crippen molar-refractivity contribution in [3.05, 3.63) is 30.0 Å². The molecule has 1 heterocycles. The van der Waals surface area contributed by atoms with Gasteiger partial charge in [-0.25, -0.2) is 0 Å². The van der Waals surface area contributed by atoms with Crippen LogP contribution in [-0.4, -0.2) is 25.3 Å². The van der Waals surface area contributed by atoms with Crippen molar-refractivity contribution >= 4 is 28.3 Å². The van der Waals surface area contributed by atoms with Crippen molar-refractivity contribution in [3.63, 3.8) is 0 Å². The van der Waals surface area contributed by atoms with E-state index >= 15 is 0 Å². The van der Waals surface area contributed by atoms with E-state index < -0.39 is 0 Å². The maximum atomic E-state index is 5.54. The third kappa shape index (κ3) is 3.63. The monoisotopic (exact) mass is 292 g/mol. The number of nitrogens with one attached hydrogen (secondary N) is 2. The highest BCUT2D eigenvalue weighted by Gasteiger charge is 2.07. The van der Waals surface area contributed by atoms with Gasteiger partial charge in [-0.1, -0.05) is 6.92 Å². The molecule has 2 N–H and O–H groups in total. The van der Waals surface area contributed by atoms with Crippen LogP contribution < -0.4 is 15.4 Å². The van der Waals surface area contributed by atoms with Crippen LogP contribution in [0.1, 0.15) is 18.9 Å². The van der Waals surface area contributed by atoms with E-state index in [0.29, 0.717) is 5.11 Å². The highest BCUT2D eigenvalue weighted by Crippen LogP contribution is 2.25. The Bertz CT molecular complexity index is 580. The Morgan fingerprint density at radius 2 is 2.10 bits per heavy atom. The molecule has 0 unspecified atom stereocenters. The Balaban J connectivity index is 1.94. The maximum absolute atomic E-state index is 5.54. The van der Waals surface area contributed by atoms with Gasteiger partial charge >= 0.3 is 0 Å². The summed E-state index contributed by atoms with van der Waals surface area (Å²) in [5, 5.41) is 8.14. The van der Waals surface area contributed by atoms with Gasteiger partial charge in [0.2, 0.25) is 0 Å². The number of furan rings is 1. The second-order valence-electron chi connectivity index (χ2n) is 4.56. The summed E-state index contributed by atoms with van der Waals surface area (Å²) < 4.78 is 10.8. The van der Waals surface area contributed by atoms with Gasteiger partial charge in [0, 0.05) is 24.0 Å². The molecule has 2 aromatic rings. The highest BCUT2D eigenvalue weighted by atomic mass is 32.1. The van der Waals surface area contributed by atoms with Gasteiger partial charge in [-0.3, -0.25) is 0 Å². The van der Waals surface area contributed by atoms with Crippen molar-refractivity contribution < 1.29 is 9.15 Å². The Kier molecular flexibility index (Phi) is 5.24. The first-order chi connectivity index (χ1) is 9.74. The van der Waals surface area contributed by atoms with Gasteiger partial charge < -0.3 is 19.8 Å². The molecule has 0 bridgehead atoms. The van der Waals surface area contributed by atoms with Gasteiger partial charge in [0.05, 0.1) is 13.4 Å². The van der Waals surface area contributed by atoms with Crippen LogP contribution in [0.2, 0.25) is 0 Å². The molecule has 20 heavy (non-hydrogen) atoms. The molecule has 0 saturated carbocycles. The Labute approximate surface area is 124 Å². The van der Waals surface area contributed by atoms with E-state index in [1.54, 1.807) is 13.4 Å². The molecule has 0 atom stereocenters. The molecule has 1 aromatic heterocycles. The van der Waals surface area contributed by atoms with Crippen molar-refractivity contribution in [2.45, 2.75) is 19.8 Å². The van der Waals surface area contributed by atoms with Crippen LogP contribution in [0.4, 0.5) is 0 Å². The quantitative estimate of drug-likeness (QED) is 0.802. The fraction of sp³-hybridized carbons (Fsp3) is 0.400. The summed E-state index contributed by atoms with van der Waals surface area (Å²) in [6.45, 7) is 3.79. The fourth-order valence-corrected chi connectivity index (χ4v) is 2.20. The second kappa shape index (κ2) is 7.14. The zero-order valence-electron chi connectivity index (χ0n) is 11.9. The minimum absolute atomic E-state index is 0.706. The standard InChI is InChI=1S/C15H20N2O2S/c1-3-7-16-15(20)17-8-6-11-10-19-14-5-4-12(18-2)9-13(11)14/h4-5,9-10H,3,6-8H2,1-2H3,(H2,16,17,20). The van der Waals surface area contributed by atoms with Gasteiger partial charge in [0.1, 0.15) is 11.3 Å². The lowest BCUT2D eigenvalue weighted by atomic mass is 10.1. The average molecular weight is 292 g/mol. The first-order valence-corrected chi connectivity index (χ1v) is 7.21. The van der Waals surface area contributed by atoms with Crippen LogP contribution in [0.3, 0.4) is 0 Å². The Hall–Kier alpha value is -1.75. The van der Waals surface area contributed by atoms with Crippen LogP contribution >= 0.6 is 12.2 Å². The zero-order valence-corrected chi connectivity index (χ0v) is 12.7. The number of methoxy groups -OCH3 is 1. The van der Waals surface area contributed by atoms with E-state index in [0.717, 1.165) is 48.2 Å². The van der Waals surface area contributed by atoms with Crippen molar-refractivity contribution in [2.75, 3.05) is 20.2 Å². The minimum Gasteiger partial charge on any atom is -0.497 e. The molecule has 0 fully saturated rings. The molecule has 0 amide bonds. The number of hydrogen-bond acceptors (Lipinski definition) is 3. The van der Waals surface area contributed by atoms with Crippen LogP contribution in [0, 0.1) is 0 Å². The summed E-state index contributed by atoms with van der Waals surface area (Å²) in [5.41, 5.74) is 2.04. The van der Waals surface area contributed by atoms with Gasteiger partial charge in [-0.15, -0.1) is 0 Å². The highest BCUT2D eigenvalue weighted by molar-refractivity contribution is 7.80. The van der Waals surface area contributed by atoms with Crippen molar-refractivity contribution in [2.24, 2.45) is 0 Å². The topological polar surface area (TPSA) is 46.4 Å². The molecule has 4 nitrogen and oxygen atoms in total. The second-order valence-corrected chi connectivity index (χ2v) is 4.96. The van der Waals surface area contributed by atoms with Crippen molar-refractivity contribution in [1.82, 2.24) is 10.6 Å². The van der Waals surface area contributed by atoms with Crippen LogP contribution in [0.5, 0.6) is 5.75 Å². The molecule has 1 aromatic carbocycles. The lowest BCUT2D eigenvalue weighted by Crippen LogP contribution is -2.36. The number of rotatable bonds is 6. The van der Waals surface area contributed by atoms with E-state index in [2.05, 4.69) is 17.6 Å². The van der Waals surface area contributed by atoms with E-state index in [1.165, 1.54) is 0 Å². The summed E-state index contributed by atoms with van der Waals surface area (Å²) in [6.07, 6.45) is 3.72. The zero-order chi connectivity index (χ0) is 14.4. The molecule has 5 heteroatoms. The Morgan fingerprint density at radius 3 is 2.85 bits per heavy atom. The first-order valence-electron chi connectivity index (χ1n) is 6.80. The van der Waals surface area contributed by atoms with E-state index in [1.807, 2.05) is 18.2 Å². The molecule has 0 aliphatic carbocycles. The van der Waals surface area contributed by atoms with Gasteiger partial charge in [-0.2, -0.15) is 0 Å². The fourth-order valence-electron chi connectivity index (χ4n) is 1.99. The van der Waals surface area contributed by atoms with Gasteiger partial charge in [0.15, 0.2) is 5.11 Å². The average Bonchev–Trinajstić information content (AvgIpc) is 2.87. The molecule has 2 rings (SSSR count). The molecule has 108 valence electrons. The summed E-state index contributed by atoms with van der Waals surface area (Å²) >= 11 is 5.18. The lowest BCUT2D eigenvalue weighted by Gasteiger charge is -2.08. The molecular formula is C15H20N2O2S. The number of benzene rings is 1. The van der Waals surface area contributed by atoms with E-state index in [9.17, 15) is 0 Å². The summed E-state index contributed by atoms with van der Waals surface area (Å²) in [7, 11) is 1.67. The number of thiocarbonyl (C=S) groups is 1. The smallest absolute Gasteiger partial charge is 0.166 e. The van der Waals surface area contributed by atoms with Crippen LogP contribution in [0.15, 0.2) is 28.9 Å². The lowest BCUT2D eigenvalue weighted by molar-refractivity contribution is 0.415. The summed E-state index contributed by atoms with van der Waals surface area (Å²) in [5.74, 6) is 0.841.